The van der Waals surface area contributed by atoms with Crippen LogP contribution in [0.25, 0.3) is 0 Å². The average Bonchev–Trinajstić information content (AvgIpc) is 3.36. The zero-order valence-corrected chi connectivity index (χ0v) is 44.1. The number of rotatable bonds is 36. The molecule has 0 saturated heterocycles. The highest BCUT2D eigenvalue weighted by atomic mass is 16.4. The number of hydrogen-bond donors (Lipinski definition) is 18. The Hall–Kier alpha value is -8.68. The van der Waals surface area contributed by atoms with Crippen molar-refractivity contribution in [2.45, 2.75) is 153 Å². The summed E-state index contributed by atoms with van der Waals surface area (Å²) in [5.41, 5.74) is 16.4. The Labute approximate surface area is 452 Å². The number of aliphatic hydroxyl groups is 1. The molecular formula is C47H73N13O19. The number of hydrogen-bond acceptors (Lipinski definition) is 17. The lowest BCUT2D eigenvalue weighted by molar-refractivity contribution is -0.142. The van der Waals surface area contributed by atoms with Gasteiger partial charge in [-0.3, -0.25) is 62.5 Å². The van der Waals surface area contributed by atoms with Gasteiger partial charge in [0.15, 0.2) is 5.96 Å². The molecular weight excluding hydrogens is 1050 g/mol. The second kappa shape index (κ2) is 34.2. The normalized spacial score (nSPS) is 15.0. The minimum Gasteiger partial charge on any atom is -0.508 e. The van der Waals surface area contributed by atoms with Gasteiger partial charge in [-0.25, -0.2) is 4.79 Å². The Balaban J connectivity index is 3.45. The maximum absolute atomic E-state index is 14.2. The van der Waals surface area contributed by atoms with E-state index in [0.717, 1.165) is 13.8 Å². The largest absolute Gasteiger partial charge is 0.508 e. The number of carbonyl (C=O) groups is 13. The molecule has 0 spiro atoms. The van der Waals surface area contributed by atoms with Crippen LogP contribution in [0.1, 0.15) is 91.5 Å². The molecule has 0 aromatic heterocycles. The summed E-state index contributed by atoms with van der Waals surface area (Å²) in [6.07, 6.45) is -5.72. The van der Waals surface area contributed by atoms with Gasteiger partial charge in [0.1, 0.15) is 54.1 Å². The molecule has 21 N–H and O–H groups in total. The molecule has 440 valence electrons. The number of phenolic OH excluding ortho intramolecular Hbond substituents is 1. The van der Waals surface area contributed by atoms with Crippen LogP contribution in [-0.2, 0) is 68.7 Å². The lowest BCUT2D eigenvalue weighted by Gasteiger charge is -2.30. The first-order valence-corrected chi connectivity index (χ1v) is 24.7. The van der Waals surface area contributed by atoms with E-state index in [0.29, 0.717) is 5.56 Å². The van der Waals surface area contributed by atoms with Crippen LogP contribution in [0.4, 0.5) is 0 Å². The van der Waals surface area contributed by atoms with Gasteiger partial charge in [-0.05, 0) is 70.1 Å². The summed E-state index contributed by atoms with van der Waals surface area (Å²) >= 11 is 0. The minimum atomic E-state index is -2.00. The molecule has 0 aliphatic heterocycles. The third kappa shape index (κ3) is 26.3. The molecule has 11 atom stereocenters. The SMILES string of the molecule is CC[C@H](C)[C@H](NC(=O)[C@H](CC(=O)O)NC(=O)[C@H](C)N)C(=O)N[C@@H](Cc1ccc(O)cc1)C(=O)N[C@H](C(=O)N[C@@H](CCC(=O)O)C(=O)N[C@@H](CCC(=O)O)C(=O)N[C@@H](C)C(=O)NCC(=O)N[C@@H](CCCN=C(N)N)C(=O)O)[C@@H](C)O. The van der Waals surface area contributed by atoms with Crippen LogP contribution in [0.3, 0.4) is 0 Å². The van der Waals surface area contributed by atoms with Gasteiger partial charge in [-0.1, -0.05) is 32.4 Å². The Morgan fingerprint density at radius 2 is 1.04 bits per heavy atom. The number of aliphatic imine (C=N–C) groups is 1. The lowest BCUT2D eigenvalue weighted by Crippen LogP contribution is -2.62. The second-order valence-electron chi connectivity index (χ2n) is 18.3. The van der Waals surface area contributed by atoms with Gasteiger partial charge in [0.05, 0.1) is 25.1 Å². The molecule has 0 radical (unpaired) electrons. The summed E-state index contributed by atoms with van der Waals surface area (Å²) in [6.45, 7) is 5.94. The summed E-state index contributed by atoms with van der Waals surface area (Å²) in [6, 6.07) is -9.33. The second-order valence-corrected chi connectivity index (χ2v) is 18.3. The molecule has 0 heterocycles. The van der Waals surface area contributed by atoms with Crippen molar-refractivity contribution in [3.63, 3.8) is 0 Å². The van der Waals surface area contributed by atoms with Gasteiger partial charge in [0, 0.05) is 25.8 Å². The summed E-state index contributed by atoms with van der Waals surface area (Å²) in [7, 11) is 0. The van der Waals surface area contributed by atoms with Gasteiger partial charge in [0.2, 0.25) is 53.2 Å². The van der Waals surface area contributed by atoms with Crippen LogP contribution in [-0.4, -0.2) is 187 Å². The molecule has 0 bridgehead atoms. The number of aliphatic hydroxyl groups excluding tert-OH is 1. The van der Waals surface area contributed by atoms with E-state index in [2.05, 4.69) is 52.8 Å². The smallest absolute Gasteiger partial charge is 0.326 e. The number of nitrogens with two attached hydrogens (primary N) is 3. The Morgan fingerprint density at radius 1 is 0.557 bits per heavy atom. The fourth-order valence-electron chi connectivity index (χ4n) is 6.95. The van der Waals surface area contributed by atoms with Gasteiger partial charge < -0.3 is 95.7 Å². The quantitative estimate of drug-likeness (QED) is 0.0169. The lowest BCUT2D eigenvalue weighted by atomic mass is 9.96. The molecule has 0 aliphatic rings. The molecule has 79 heavy (non-hydrogen) atoms. The van der Waals surface area contributed by atoms with Crippen molar-refractivity contribution in [2.24, 2.45) is 28.1 Å². The number of guanidine groups is 1. The number of carboxylic acid groups (broad SMARTS) is 4. The van der Waals surface area contributed by atoms with E-state index in [-0.39, 0.29) is 43.9 Å². The molecule has 0 saturated carbocycles. The maximum Gasteiger partial charge on any atom is 0.326 e. The van der Waals surface area contributed by atoms with Gasteiger partial charge in [-0.2, -0.15) is 0 Å². The van der Waals surface area contributed by atoms with Gasteiger partial charge >= 0.3 is 23.9 Å². The molecule has 32 heteroatoms. The van der Waals surface area contributed by atoms with Crippen LogP contribution in [0, 0.1) is 5.92 Å². The van der Waals surface area contributed by atoms with Crippen molar-refractivity contribution >= 4 is 83.0 Å². The number of carboxylic acids is 4. The summed E-state index contributed by atoms with van der Waals surface area (Å²) < 4.78 is 0. The van der Waals surface area contributed by atoms with E-state index in [1.54, 1.807) is 6.92 Å². The van der Waals surface area contributed by atoms with Gasteiger partial charge in [0.25, 0.3) is 0 Å². The number of nitrogens with zero attached hydrogens (tertiary/aromatic N) is 1. The molecule has 1 aromatic carbocycles. The third-order valence-electron chi connectivity index (χ3n) is 11.6. The Kier molecular flexibility index (Phi) is 29.6. The Bertz CT molecular complexity index is 2360. The van der Waals surface area contributed by atoms with Crippen molar-refractivity contribution in [2.75, 3.05) is 13.1 Å². The predicted molar refractivity (Wildman–Crippen MR) is 274 cm³/mol. The fraction of sp³-hybridized carbons (Fsp3) is 0.574. The first kappa shape index (κ1) is 68.3. The summed E-state index contributed by atoms with van der Waals surface area (Å²) in [5.74, 6) is -16.8. The van der Waals surface area contributed by atoms with E-state index in [1.807, 2.05) is 0 Å². The van der Waals surface area contributed by atoms with Crippen LogP contribution >= 0.6 is 0 Å². The van der Waals surface area contributed by atoms with Crippen molar-refractivity contribution in [3.05, 3.63) is 29.8 Å². The summed E-state index contributed by atoms with van der Waals surface area (Å²) in [5, 5.41) is 78.9. The molecule has 0 fully saturated rings. The standard InChI is InChI=1S/C47H73N13O19/c1-6-21(2)36(59-43(75)31(19-35(68)69)57-38(70)22(3)48)44(76)58-30(18-25-9-11-26(62)12-10-25)42(74)60-37(24(5)61)45(77)56-28(14-16-34(66)67)41(73)55-27(13-15-33(64)65)40(72)53-23(4)39(71)52-20-32(63)54-29(46(78)79)8-7-17-51-47(49)50/h9-12,21-24,27-31,36-37,61-62H,6-8,13-20,48H2,1-5H3,(H,52,71)(H,53,72)(H,54,63)(H,55,73)(H,56,77)(H,57,70)(H,58,76)(H,59,75)(H,60,74)(H,64,65)(H,66,67)(H,68,69)(H,78,79)(H4,49,50,51)/t21-,22-,23-,24+,27-,28-,29-,30-,31-,36-,37-/m0/s1. The summed E-state index contributed by atoms with van der Waals surface area (Å²) in [4.78, 5) is 171. The first-order valence-electron chi connectivity index (χ1n) is 24.7. The van der Waals surface area contributed by atoms with Crippen molar-refractivity contribution < 1.29 is 93.0 Å². The van der Waals surface area contributed by atoms with Crippen LogP contribution in [0.5, 0.6) is 5.75 Å². The number of benzene rings is 1. The highest BCUT2D eigenvalue weighted by Gasteiger charge is 2.37. The first-order chi connectivity index (χ1) is 36.9. The zero-order chi connectivity index (χ0) is 60.3. The number of nitrogens with one attached hydrogen (secondary N) is 9. The molecule has 32 nitrogen and oxygen atoms in total. The van der Waals surface area contributed by atoms with E-state index in [9.17, 15) is 93.0 Å². The highest BCUT2D eigenvalue weighted by Crippen LogP contribution is 2.15. The van der Waals surface area contributed by atoms with Crippen LogP contribution < -0.4 is 65.1 Å². The number of amides is 9. The van der Waals surface area contributed by atoms with E-state index >= 15 is 0 Å². The Morgan fingerprint density at radius 3 is 1.53 bits per heavy atom. The van der Waals surface area contributed by atoms with Crippen molar-refractivity contribution in [1.29, 1.82) is 0 Å². The number of phenols is 1. The zero-order valence-electron chi connectivity index (χ0n) is 44.1. The predicted octanol–water partition coefficient (Wildman–Crippen LogP) is -5.93. The van der Waals surface area contributed by atoms with E-state index in [4.69, 9.17) is 17.2 Å². The molecule has 1 aromatic rings. The maximum atomic E-state index is 14.2. The van der Waals surface area contributed by atoms with Crippen LogP contribution in [0.2, 0.25) is 0 Å². The van der Waals surface area contributed by atoms with E-state index < -0.39 is 182 Å². The number of carbonyl (C=O) groups excluding carboxylic acids is 9. The van der Waals surface area contributed by atoms with Crippen LogP contribution in [0.15, 0.2) is 29.3 Å². The fourth-order valence-corrected chi connectivity index (χ4v) is 6.95. The molecule has 1 rings (SSSR count). The average molecular weight is 1120 g/mol. The number of aromatic hydroxyl groups is 1. The van der Waals surface area contributed by atoms with Crippen molar-refractivity contribution in [1.82, 2.24) is 47.9 Å². The van der Waals surface area contributed by atoms with Gasteiger partial charge in [-0.15, -0.1) is 0 Å². The van der Waals surface area contributed by atoms with Crippen molar-refractivity contribution in [3.8, 4) is 5.75 Å². The molecule has 0 unspecified atom stereocenters. The monoisotopic (exact) mass is 1120 g/mol. The number of aliphatic carboxylic acids is 4. The highest BCUT2D eigenvalue weighted by molar-refractivity contribution is 5.99. The molecule has 9 amide bonds. The van der Waals surface area contributed by atoms with E-state index in [1.165, 1.54) is 38.1 Å². The topological polar surface area (TPSA) is 542 Å². The minimum absolute atomic E-state index is 0.0659. The molecule has 0 aliphatic carbocycles. The third-order valence-corrected chi connectivity index (χ3v) is 11.6.